The number of rotatable bonds is 5. The van der Waals surface area contributed by atoms with Crippen molar-refractivity contribution < 1.29 is 17.9 Å². The van der Waals surface area contributed by atoms with Gasteiger partial charge in [-0.15, -0.1) is 11.3 Å². The molecular weight excluding hydrogens is 312 g/mol. The molecule has 0 aliphatic carbocycles. The Labute approximate surface area is 128 Å². The average molecular weight is 332 g/mol. The van der Waals surface area contributed by atoms with E-state index in [0.717, 1.165) is 48.8 Å². The molecule has 1 amide bonds. The molecule has 2 N–H and O–H groups in total. The van der Waals surface area contributed by atoms with Crippen molar-refractivity contribution in [1.82, 2.24) is 4.90 Å². The maximum atomic E-state index is 12.2. The molecule has 1 fully saturated rings. The highest BCUT2D eigenvalue weighted by molar-refractivity contribution is 7.91. The SMILES string of the molecule is COCC1CCN(C(=O)Cc2ccc(S(N)(=O)=O)s2)CC1. The molecule has 1 aromatic rings. The number of methoxy groups -OCH3 is 1. The first-order valence-electron chi connectivity index (χ1n) is 6.78. The summed E-state index contributed by atoms with van der Waals surface area (Å²) < 4.78 is 27.7. The van der Waals surface area contributed by atoms with E-state index in [-0.39, 0.29) is 16.5 Å². The molecule has 0 aromatic carbocycles. The number of carbonyl (C=O) groups excluding carboxylic acids is 1. The number of hydrogen-bond donors (Lipinski definition) is 1. The summed E-state index contributed by atoms with van der Waals surface area (Å²) in [6.07, 6.45) is 2.13. The number of hydrogen-bond acceptors (Lipinski definition) is 5. The molecule has 0 saturated carbocycles. The monoisotopic (exact) mass is 332 g/mol. The van der Waals surface area contributed by atoms with Crippen molar-refractivity contribution in [2.45, 2.75) is 23.5 Å². The summed E-state index contributed by atoms with van der Waals surface area (Å²) in [6.45, 7) is 2.21. The number of nitrogens with two attached hydrogens (primary N) is 1. The second-order valence-electron chi connectivity index (χ2n) is 5.22. The summed E-state index contributed by atoms with van der Waals surface area (Å²) in [7, 11) is -1.98. The van der Waals surface area contributed by atoms with E-state index in [0.29, 0.717) is 5.92 Å². The highest BCUT2D eigenvalue weighted by atomic mass is 32.2. The molecule has 21 heavy (non-hydrogen) atoms. The number of piperidine rings is 1. The molecule has 2 rings (SSSR count). The van der Waals surface area contributed by atoms with Crippen molar-refractivity contribution in [1.29, 1.82) is 0 Å². The lowest BCUT2D eigenvalue weighted by molar-refractivity contribution is -0.132. The zero-order chi connectivity index (χ0) is 15.5. The smallest absolute Gasteiger partial charge is 0.247 e. The van der Waals surface area contributed by atoms with Gasteiger partial charge in [0.25, 0.3) is 0 Å². The molecule has 6 nitrogen and oxygen atoms in total. The molecule has 118 valence electrons. The molecule has 8 heteroatoms. The predicted molar refractivity (Wildman–Crippen MR) is 80.6 cm³/mol. The number of nitrogens with zero attached hydrogens (tertiary/aromatic N) is 1. The fourth-order valence-corrected chi connectivity index (χ4v) is 4.22. The third-order valence-corrected chi connectivity index (χ3v) is 6.14. The third-order valence-electron chi connectivity index (χ3n) is 3.61. The first kappa shape index (κ1) is 16.4. The second kappa shape index (κ2) is 6.87. The summed E-state index contributed by atoms with van der Waals surface area (Å²) in [4.78, 5) is 14.8. The van der Waals surface area contributed by atoms with Gasteiger partial charge in [-0.25, -0.2) is 13.6 Å². The lowest BCUT2D eigenvalue weighted by Gasteiger charge is -2.31. The van der Waals surface area contributed by atoms with E-state index in [1.807, 2.05) is 4.90 Å². The number of amides is 1. The van der Waals surface area contributed by atoms with Crippen molar-refractivity contribution in [3.63, 3.8) is 0 Å². The Morgan fingerprint density at radius 1 is 1.43 bits per heavy atom. The summed E-state index contributed by atoms with van der Waals surface area (Å²) in [5, 5.41) is 5.06. The molecule has 0 bridgehead atoms. The van der Waals surface area contributed by atoms with Gasteiger partial charge in [-0.3, -0.25) is 4.79 Å². The predicted octanol–water partition coefficient (Wildman–Crippen LogP) is 0.823. The molecule has 1 saturated heterocycles. The summed E-state index contributed by atoms with van der Waals surface area (Å²) in [5.74, 6) is 0.559. The summed E-state index contributed by atoms with van der Waals surface area (Å²) >= 11 is 1.06. The van der Waals surface area contributed by atoms with E-state index in [9.17, 15) is 13.2 Å². The quantitative estimate of drug-likeness (QED) is 0.864. The van der Waals surface area contributed by atoms with Crippen molar-refractivity contribution in [2.75, 3.05) is 26.8 Å². The maximum Gasteiger partial charge on any atom is 0.247 e. The normalized spacial score (nSPS) is 17.1. The van der Waals surface area contributed by atoms with Gasteiger partial charge in [-0.05, 0) is 30.9 Å². The van der Waals surface area contributed by atoms with E-state index in [1.54, 1.807) is 13.2 Å². The van der Waals surface area contributed by atoms with Crippen LogP contribution in [0.1, 0.15) is 17.7 Å². The first-order valence-corrected chi connectivity index (χ1v) is 9.14. The Hall–Kier alpha value is -0.960. The van der Waals surface area contributed by atoms with E-state index in [1.165, 1.54) is 6.07 Å². The number of likely N-dealkylation sites (tertiary alicyclic amines) is 1. The number of sulfonamides is 1. The van der Waals surface area contributed by atoms with Gasteiger partial charge < -0.3 is 9.64 Å². The highest BCUT2D eigenvalue weighted by Gasteiger charge is 2.23. The topological polar surface area (TPSA) is 89.7 Å². The van der Waals surface area contributed by atoms with E-state index in [4.69, 9.17) is 9.88 Å². The Bertz CT molecular complexity index is 589. The molecule has 0 atom stereocenters. The minimum atomic E-state index is -3.68. The summed E-state index contributed by atoms with van der Waals surface area (Å²) in [5.41, 5.74) is 0. The van der Waals surface area contributed by atoms with Crippen LogP contribution in [0.2, 0.25) is 0 Å². The van der Waals surface area contributed by atoms with Gasteiger partial charge in [0.15, 0.2) is 0 Å². The molecule has 1 aromatic heterocycles. The molecular formula is C13H20N2O4S2. The number of carbonyl (C=O) groups is 1. The van der Waals surface area contributed by atoms with Crippen LogP contribution in [0.3, 0.4) is 0 Å². The lowest BCUT2D eigenvalue weighted by atomic mass is 9.97. The van der Waals surface area contributed by atoms with Crippen LogP contribution in [0.5, 0.6) is 0 Å². The average Bonchev–Trinajstić information content (AvgIpc) is 2.88. The second-order valence-corrected chi connectivity index (χ2v) is 8.18. The van der Waals surface area contributed by atoms with Crippen LogP contribution < -0.4 is 5.14 Å². The van der Waals surface area contributed by atoms with Crippen LogP contribution in [0.15, 0.2) is 16.3 Å². The highest BCUT2D eigenvalue weighted by Crippen LogP contribution is 2.23. The lowest BCUT2D eigenvalue weighted by Crippen LogP contribution is -2.40. The van der Waals surface area contributed by atoms with Gasteiger partial charge in [-0.1, -0.05) is 0 Å². The molecule has 0 unspecified atom stereocenters. The van der Waals surface area contributed by atoms with Gasteiger partial charge in [0.1, 0.15) is 4.21 Å². The van der Waals surface area contributed by atoms with Gasteiger partial charge in [0.2, 0.25) is 15.9 Å². The van der Waals surface area contributed by atoms with Gasteiger partial charge >= 0.3 is 0 Å². The van der Waals surface area contributed by atoms with Crippen molar-refractivity contribution >= 4 is 27.3 Å². The van der Waals surface area contributed by atoms with Crippen molar-refractivity contribution in [3.05, 3.63) is 17.0 Å². The number of primary sulfonamides is 1. The standard InChI is InChI=1S/C13H20N2O4S2/c1-19-9-10-4-6-15(7-5-10)12(16)8-11-2-3-13(20-11)21(14,17)18/h2-3,10H,4-9H2,1H3,(H2,14,17,18). The molecule has 0 spiro atoms. The maximum absolute atomic E-state index is 12.2. The zero-order valence-corrected chi connectivity index (χ0v) is 13.6. The van der Waals surface area contributed by atoms with Crippen molar-refractivity contribution in [2.24, 2.45) is 11.1 Å². The fourth-order valence-electron chi connectivity index (χ4n) is 2.45. The minimum Gasteiger partial charge on any atom is -0.384 e. The van der Waals surface area contributed by atoms with Crippen LogP contribution in [0.25, 0.3) is 0 Å². The Morgan fingerprint density at radius 3 is 2.62 bits per heavy atom. The Balaban J connectivity index is 1.89. The van der Waals surface area contributed by atoms with Crippen LogP contribution in [-0.2, 0) is 26.0 Å². The zero-order valence-electron chi connectivity index (χ0n) is 11.9. The Morgan fingerprint density at radius 2 is 2.10 bits per heavy atom. The van der Waals surface area contributed by atoms with Crippen LogP contribution in [0, 0.1) is 5.92 Å². The number of thiophene rings is 1. The first-order chi connectivity index (χ1) is 9.90. The Kier molecular flexibility index (Phi) is 5.37. The molecule has 1 aliphatic heterocycles. The van der Waals surface area contributed by atoms with Crippen LogP contribution >= 0.6 is 11.3 Å². The van der Waals surface area contributed by atoms with E-state index >= 15 is 0 Å². The summed E-state index contributed by atoms with van der Waals surface area (Å²) in [6, 6.07) is 3.10. The van der Waals surface area contributed by atoms with Gasteiger partial charge in [-0.2, -0.15) is 0 Å². The van der Waals surface area contributed by atoms with Gasteiger partial charge in [0.05, 0.1) is 6.42 Å². The van der Waals surface area contributed by atoms with Crippen molar-refractivity contribution in [3.8, 4) is 0 Å². The minimum absolute atomic E-state index is 0.0358. The van der Waals surface area contributed by atoms with Gasteiger partial charge in [0, 0.05) is 31.7 Å². The van der Waals surface area contributed by atoms with E-state index < -0.39 is 10.0 Å². The van der Waals surface area contributed by atoms with Crippen LogP contribution in [0.4, 0.5) is 0 Å². The van der Waals surface area contributed by atoms with E-state index in [2.05, 4.69) is 0 Å². The molecule has 2 heterocycles. The fraction of sp³-hybridized carbons (Fsp3) is 0.615. The molecule has 0 radical (unpaired) electrons. The largest absolute Gasteiger partial charge is 0.384 e. The third kappa shape index (κ3) is 4.50. The number of ether oxygens (including phenoxy) is 1. The van der Waals surface area contributed by atoms with Crippen LogP contribution in [-0.4, -0.2) is 46.0 Å². The molecule has 1 aliphatic rings.